The minimum Gasteiger partial charge on any atom is -0.248 e. The van der Waals surface area contributed by atoms with Crippen LogP contribution < -0.4 is 5.14 Å². The zero-order valence-electron chi connectivity index (χ0n) is 8.81. The Kier molecular flexibility index (Phi) is 2.90. The minimum absolute atomic E-state index is 0.236. The molecule has 3 N–H and O–H groups in total. The Morgan fingerprint density at radius 3 is 2.59 bits per heavy atom. The number of aromatic nitrogens is 3. The predicted molar refractivity (Wildman–Crippen MR) is 62.9 cm³/mol. The van der Waals surface area contributed by atoms with Crippen LogP contribution in [0.25, 0.3) is 11.4 Å². The van der Waals surface area contributed by atoms with Gasteiger partial charge in [-0.1, -0.05) is 11.6 Å². The first-order valence-electron chi connectivity index (χ1n) is 4.59. The summed E-state index contributed by atoms with van der Waals surface area (Å²) < 4.78 is 22.1. The number of nitrogens with zero attached hydrogens (tertiary/aromatic N) is 2. The van der Waals surface area contributed by atoms with E-state index < -0.39 is 10.0 Å². The second-order valence-corrected chi connectivity index (χ2v) is 5.44. The van der Waals surface area contributed by atoms with Gasteiger partial charge >= 0.3 is 0 Å². The van der Waals surface area contributed by atoms with Crippen LogP contribution in [0.15, 0.2) is 23.4 Å². The van der Waals surface area contributed by atoms with Crippen molar-refractivity contribution >= 4 is 21.6 Å². The third-order valence-corrected chi connectivity index (χ3v) is 2.97. The Bertz CT molecular complexity index is 645. The van der Waals surface area contributed by atoms with Gasteiger partial charge < -0.3 is 0 Å². The molecule has 0 aliphatic rings. The van der Waals surface area contributed by atoms with Gasteiger partial charge in [-0.25, -0.2) is 18.7 Å². The molecule has 0 aliphatic carbocycles. The lowest BCUT2D eigenvalue weighted by Gasteiger charge is -1.98. The molecule has 0 saturated carbocycles. The molecule has 0 atom stereocenters. The number of primary sulfonamides is 1. The van der Waals surface area contributed by atoms with Crippen LogP contribution in [0.5, 0.6) is 0 Å². The molecule has 2 aromatic rings. The van der Waals surface area contributed by atoms with Crippen molar-refractivity contribution in [3.63, 3.8) is 0 Å². The first-order chi connectivity index (χ1) is 7.86. The maximum atomic E-state index is 11.0. The maximum absolute atomic E-state index is 11.0. The fraction of sp³-hybridized carbons (Fsp3) is 0.111. The van der Waals surface area contributed by atoms with Gasteiger partial charge in [0.2, 0.25) is 0 Å². The number of rotatable bonds is 2. The van der Waals surface area contributed by atoms with E-state index >= 15 is 0 Å². The molecule has 0 spiro atoms. The summed E-state index contributed by atoms with van der Waals surface area (Å²) in [5, 5.41) is 11.1. The molecule has 1 aromatic heterocycles. The summed E-state index contributed by atoms with van der Waals surface area (Å²) in [6, 6.07) is 5.21. The van der Waals surface area contributed by atoms with Crippen molar-refractivity contribution in [1.29, 1.82) is 0 Å². The van der Waals surface area contributed by atoms with Crippen LogP contribution >= 0.6 is 11.6 Å². The van der Waals surface area contributed by atoms with E-state index in [1.165, 1.54) is 0 Å². The smallest absolute Gasteiger partial charge is 0.248 e. The zero-order chi connectivity index (χ0) is 12.6. The number of aromatic amines is 1. The van der Waals surface area contributed by atoms with Crippen molar-refractivity contribution in [2.75, 3.05) is 0 Å². The lowest BCUT2D eigenvalue weighted by molar-refractivity contribution is 0.589. The zero-order valence-corrected chi connectivity index (χ0v) is 10.4. The number of sulfonamides is 1. The number of hydrogen-bond donors (Lipinski definition) is 2. The van der Waals surface area contributed by atoms with E-state index in [2.05, 4.69) is 15.2 Å². The van der Waals surface area contributed by atoms with E-state index in [1.54, 1.807) is 18.2 Å². The van der Waals surface area contributed by atoms with Gasteiger partial charge in [-0.3, -0.25) is 0 Å². The molecule has 0 saturated heterocycles. The van der Waals surface area contributed by atoms with E-state index in [9.17, 15) is 8.42 Å². The number of nitrogens with one attached hydrogen (secondary N) is 1. The molecule has 6 nitrogen and oxygen atoms in total. The average molecular weight is 273 g/mol. The van der Waals surface area contributed by atoms with E-state index in [-0.39, 0.29) is 11.0 Å². The number of nitrogens with two attached hydrogens (primary N) is 1. The van der Waals surface area contributed by atoms with Crippen molar-refractivity contribution in [2.24, 2.45) is 5.14 Å². The third kappa shape index (κ3) is 2.63. The highest BCUT2D eigenvalue weighted by Crippen LogP contribution is 2.22. The highest BCUT2D eigenvalue weighted by atomic mass is 35.5. The predicted octanol–water partition coefficient (Wildman–Crippen LogP) is 1.08. The number of H-pyrrole nitrogens is 1. The van der Waals surface area contributed by atoms with Gasteiger partial charge in [0.15, 0.2) is 5.82 Å². The Morgan fingerprint density at radius 1 is 1.35 bits per heavy atom. The van der Waals surface area contributed by atoms with E-state index in [4.69, 9.17) is 16.7 Å². The van der Waals surface area contributed by atoms with Crippen LogP contribution in [0.2, 0.25) is 5.02 Å². The van der Waals surface area contributed by atoms with Crippen LogP contribution in [0.3, 0.4) is 0 Å². The first kappa shape index (κ1) is 12.0. The van der Waals surface area contributed by atoms with Crippen molar-refractivity contribution in [2.45, 2.75) is 12.1 Å². The van der Waals surface area contributed by atoms with Crippen molar-refractivity contribution < 1.29 is 8.42 Å². The highest BCUT2D eigenvalue weighted by Gasteiger charge is 2.15. The second kappa shape index (κ2) is 4.10. The molecule has 0 bridgehead atoms. The average Bonchev–Trinajstić information content (AvgIpc) is 2.63. The van der Waals surface area contributed by atoms with Gasteiger partial charge in [0, 0.05) is 10.6 Å². The fourth-order valence-corrected chi connectivity index (χ4v) is 2.04. The molecule has 0 fully saturated rings. The van der Waals surface area contributed by atoms with Crippen molar-refractivity contribution in [3.8, 4) is 11.4 Å². The summed E-state index contributed by atoms with van der Waals surface area (Å²) in [6.07, 6.45) is 0. The topological polar surface area (TPSA) is 102 Å². The van der Waals surface area contributed by atoms with Crippen LogP contribution in [-0.4, -0.2) is 23.6 Å². The molecule has 0 amide bonds. The van der Waals surface area contributed by atoms with Crippen LogP contribution in [0.4, 0.5) is 0 Å². The number of benzene rings is 1. The van der Waals surface area contributed by atoms with Crippen molar-refractivity contribution in [3.05, 3.63) is 28.8 Å². The normalized spacial score (nSPS) is 11.7. The number of aryl methyl sites for hydroxylation is 1. The molecule has 0 unspecified atom stereocenters. The van der Waals surface area contributed by atoms with Gasteiger partial charge in [0.05, 0.1) is 0 Å². The van der Waals surface area contributed by atoms with Crippen molar-refractivity contribution in [1.82, 2.24) is 15.2 Å². The largest absolute Gasteiger partial charge is 0.273 e. The van der Waals surface area contributed by atoms with E-state index in [0.717, 1.165) is 5.56 Å². The Morgan fingerprint density at radius 2 is 2.06 bits per heavy atom. The molecular weight excluding hydrogens is 264 g/mol. The van der Waals surface area contributed by atoms with Crippen LogP contribution in [-0.2, 0) is 10.0 Å². The summed E-state index contributed by atoms with van der Waals surface area (Å²) in [5.74, 6) is 0.236. The summed E-state index contributed by atoms with van der Waals surface area (Å²) in [6.45, 7) is 1.86. The van der Waals surface area contributed by atoms with E-state index in [0.29, 0.717) is 10.6 Å². The Balaban J connectivity index is 2.51. The monoisotopic (exact) mass is 272 g/mol. The highest BCUT2D eigenvalue weighted by molar-refractivity contribution is 7.89. The number of halogens is 1. The Hall–Kier alpha value is -1.44. The lowest BCUT2D eigenvalue weighted by atomic mass is 10.1. The molecule has 1 aromatic carbocycles. The molecule has 0 aliphatic heterocycles. The van der Waals surface area contributed by atoms with E-state index in [1.807, 2.05) is 6.92 Å². The lowest BCUT2D eigenvalue weighted by Crippen LogP contribution is -2.13. The summed E-state index contributed by atoms with van der Waals surface area (Å²) in [5.41, 5.74) is 1.55. The second-order valence-electron chi connectivity index (χ2n) is 3.53. The van der Waals surface area contributed by atoms with Gasteiger partial charge in [0.1, 0.15) is 0 Å². The minimum atomic E-state index is -3.87. The molecule has 1 heterocycles. The summed E-state index contributed by atoms with van der Waals surface area (Å²) in [4.78, 5) is 3.80. The van der Waals surface area contributed by atoms with Gasteiger partial charge in [-0.15, -0.1) is 0 Å². The van der Waals surface area contributed by atoms with Crippen LogP contribution in [0, 0.1) is 6.92 Å². The molecule has 2 rings (SSSR count). The van der Waals surface area contributed by atoms with Crippen LogP contribution in [0.1, 0.15) is 5.56 Å². The first-order valence-corrected chi connectivity index (χ1v) is 6.51. The molecule has 17 heavy (non-hydrogen) atoms. The van der Waals surface area contributed by atoms with Gasteiger partial charge in [-0.2, -0.15) is 10.1 Å². The summed E-state index contributed by atoms with van der Waals surface area (Å²) in [7, 11) is -3.87. The number of hydrogen-bond acceptors (Lipinski definition) is 4. The maximum Gasteiger partial charge on any atom is 0.273 e. The fourth-order valence-electron chi connectivity index (χ4n) is 1.37. The van der Waals surface area contributed by atoms with Gasteiger partial charge in [-0.05, 0) is 30.7 Å². The van der Waals surface area contributed by atoms with Gasteiger partial charge in [0.25, 0.3) is 15.2 Å². The molecule has 0 radical (unpaired) electrons. The Labute approximate surface area is 103 Å². The molecule has 8 heteroatoms. The molecule has 90 valence electrons. The standard InChI is InChI=1S/C9H9ClN4O2S/c1-5-2-6(4-7(10)3-5)8-12-9(14-13-8)17(11,15)16/h2-4H,1H3,(H2,11,15,16)(H,12,13,14). The quantitative estimate of drug-likeness (QED) is 0.854. The summed E-state index contributed by atoms with van der Waals surface area (Å²) >= 11 is 5.89. The SMILES string of the molecule is Cc1cc(Cl)cc(-c2n[nH]c(S(N)(=O)=O)n2)c1. The molecular formula is C9H9ClN4O2S. The third-order valence-electron chi connectivity index (χ3n) is 2.03.